The van der Waals surface area contributed by atoms with E-state index in [1.807, 2.05) is 29.2 Å². The van der Waals surface area contributed by atoms with E-state index < -0.39 is 0 Å². The highest BCUT2D eigenvalue weighted by molar-refractivity contribution is 6.01. The number of para-hydroxylation sites is 2. The van der Waals surface area contributed by atoms with Crippen molar-refractivity contribution in [2.75, 3.05) is 49.6 Å². The van der Waals surface area contributed by atoms with Crippen LogP contribution >= 0.6 is 0 Å². The summed E-state index contributed by atoms with van der Waals surface area (Å²) < 4.78 is 5.43. The minimum atomic E-state index is -0.182. The highest BCUT2D eigenvalue weighted by Crippen LogP contribution is 2.41. The summed E-state index contributed by atoms with van der Waals surface area (Å²) in [6.45, 7) is 4.76. The first-order valence-electron chi connectivity index (χ1n) is 10.3. The molecule has 4 rings (SSSR count). The lowest BCUT2D eigenvalue weighted by Gasteiger charge is -2.30. The van der Waals surface area contributed by atoms with Gasteiger partial charge in [0.2, 0.25) is 11.8 Å². The fourth-order valence-electron chi connectivity index (χ4n) is 4.17. The Labute approximate surface area is 160 Å². The van der Waals surface area contributed by atoms with Crippen LogP contribution in [0.1, 0.15) is 32.1 Å². The second kappa shape index (κ2) is 8.30. The minimum absolute atomic E-state index is 0.0242. The SMILES string of the molecule is O=C(Nc1ccccc1N1CCOCC1)C1CC1C(=O)N1CCCCCC1. The van der Waals surface area contributed by atoms with Crippen LogP contribution in [-0.4, -0.2) is 56.1 Å². The number of hydrogen-bond acceptors (Lipinski definition) is 4. The van der Waals surface area contributed by atoms with Gasteiger partial charge in [0.25, 0.3) is 0 Å². The van der Waals surface area contributed by atoms with Crippen LogP contribution in [0, 0.1) is 11.8 Å². The maximum Gasteiger partial charge on any atom is 0.228 e. The third kappa shape index (κ3) is 4.26. The maximum absolute atomic E-state index is 12.8. The number of ether oxygens (including phenoxy) is 1. The lowest BCUT2D eigenvalue weighted by molar-refractivity contribution is -0.134. The van der Waals surface area contributed by atoms with E-state index in [2.05, 4.69) is 10.2 Å². The van der Waals surface area contributed by atoms with Crippen LogP contribution in [0.2, 0.25) is 0 Å². The Morgan fingerprint density at radius 2 is 1.63 bits per heavy atom. The molecule has 2 saturated heterocycles. The van der Waals surface area contributed by atoms with Crippen molar-refractivity contribution in [3.8, 4) is 0 Å². The first-order valence-corrected chi connectivity index (χ1v) is 10.3. The Balaban J connectivity index is 1.37. The van der Waals surface area contributed by atoms with E-state index in [-0.39, 0.29) is 23.7 Å². The molecule has 0 spiro atoms. The number of nitrogens with one attached hydrogen (secondary N) is 1. The number of rotatable bonds is 4. The predicted octanol–water partition coefficient (Wildman–Crippen LogP) is 2.50. The molecule has 1 aromatic rings. The molecule has 0 radical (unpaired) electrons. The number of carbonyl (C=O) groups excluding carboxylic acids is 2. The zero-order valence-corrected chi connectivity index (χ0v) is 15.9. The van der Waals surface area contributed by atoms with E-state index in [0.29, 0.717) is 19.6 Å². The van der Waals surface area contributed by atoms with Gasteiger partial charge in [0.1, 0.15) is 0 Å². The molecule has 6 nitrogen and oxygen atoms in total. The van der Waals surface area contributed by atoms with Gasteiger partial charge in [-0.3, -0.25) is 9.59 Å². The van der Waals surface area contributed by atoms with Gasteiger partial charge in [0, 0.05) is 26.2 Å². The number of carbonyl (C=O) groups is 2. The quantitative estimate of drug-likeness (QED) is 0.883. The summed E-state index contributed by atoms with van der Waals surface area (Å²) in [5.41, 5.74) is 1.86. The van der Waals surface area contributed by atoms with Crippen LogP contribution in [0.15, 0.2) is 24.3 Å². The average Bonchev–Trinajstić information content (AvgIpc) is 3.53. The van der Waals surface area contributed by atoms with Crippen molar-refractivity contribution in [2.24, 2.45) is 11.8 Å². The summed E-state index contributed by atoms with van der Waals surface area (Å²) >= 11 is 0. The van der Waals surface area contributed by atoms with Gasteiger partial charge in [0.15, 0.2) is 0 Å². The number of nitrogens with zero attached hydrogens (tertiary/aromatic N) is 2. The third-order valence-electron chi connectivity index (χ3n) is 5.88. The molecule has 1 aromatic carbocycles. The van der Waals surface area contributed by atoms with Crippen LogP contribution in [0.25, 0.3) is 0 Å². The standard InChI is InChI=1S/C21H29N3O3/c25-20(16-15-17(16)21(26)24-9-5-1-2-6-10-24)22-18-7-3-4-8-19(18)23-11-13-27-14-12-23/h3-4,7-8,16-17H,1-2,5-6,9-15H2,(H,22,25). The summed E-state index contributed by atoms with van der Waals surface area (Å²) in [7, 11) is 0. The van der Waals surface area contributed by atoms with Gasteiger partial charge in [0.05, 0.1) is 36.4 Å². The van der Waals surface area contributed by atoms with Crippen LogP contribution < -0.4 is 10.2 Å². The third-order valence-corrected chi connectivity index (χ3v) is 5.88. The molecule has 0 aromatic heterocycles. The number of morpholine rings is 1. The summed E-state index contributed by atoms with van der Waals surface area (Å²) in [4.78, 5) is 29.7. The molecule has 3 aliphatic rings. The fourth-order valence-corrected chi connectivity index (χ4v) is 4.17. The molecule has 2 amide bonds. The average molecular weight is 371 g/mol. The summed E-state index contributed by atoms with van der Waals surface area (Å²) in [6.07, 6.45) is 5.26. The molecule has 3 fully saturated rings. The molecule has 2 unspecified atom stereocenters. The van der Waals surface area contributed by atoms with E-state index >= 15 is 0 Å². The van der Waals surface area contributed by atoms with Crippen LogP contribution in [0.5, 0.6) is 0 Å². The number of benzene rings is 1. The van der Waals surface area contributed by atoms with Gasteiger partial charge >= 0.3 is 0 Å². The molecule has 2 atom stereocenters. The number of amides is 2. The lowest BCUT2D eigenvalue weighted by atomic mass is 10.2. The Hall–Kier alpha value is -2.08. The van der Waals surface area contributed by atoms with Gasteiger partial charge < -0.3 is 19.9 Å². The second-order valence-electron chi connectivity index (χ2n) is 7.79. The molecular weight excluding hydrogens is 342 g/mol. The van der Waals surface area contributed by atoms with Gasteiger partial charge in [-0.05, 0) is 31.4 Å². The zero-order chi connectivity index (χ0) is 18.6. The molecule has 27 heavy (non-hydrogen) atoms. The topological polar surface area (TPSA) is 61.9 Å². The van der Waals surface area contributed by atoms with Gasteiger partial charge in [-0.1, -0.05) is 25.0 Å². The highest BCUT2D eigenvalue weighted by Gasteiger charge is 2.49. The number of hydrogen-bond donors (Lipinski definition) is 1. The molecule has 2 aliphatic heterocycles. The lowest BCUT2D eigenvalue weighted by Crippen LogP contribution is -2.37. The van der Waals surface area contributed by atoms with E-state index in [1.165, 1.54) is 12.8 Å². The van der Waals surface area contributed by atoms with Crippen LogP contribution in [-0.2, 0) is 14.3 Å². The maximum atomic E-state index is 12.8. The summed E-state index contributed by atoms with van der Waals surface area (Å²) in [6, 6.07) is 7.90. The molecule has 1 aliphatic carbocycles. The van der Waals surface area contributed by atoms with Gasteiger partial charge in [-0.2, -0.15) is 0 Å². The van der Waals surface area contributed by atoms with E-state index in [0.717, 1.165) is 50.4 Å². The molecule has 2 heterocycles. The first-order chi connectivity index (χ1) is 13.2. The van der Waals surface area contributed by atoms with Crippen molar-refractivity contribution in [1.29, 1.82) is 0 Å². The summed E-state index contributed by atoms with van der Waals surface area (Å²) in [5.74, 6) is -0.153. The van der Waals surface area contributed by atoms with Crippen LogP contribution in [0.4, 0.5) is 11.4 Å². The highest BCUT2D eigenvalue weighted by atomic mass is 16.5. The Bertz CT molecular complexity index is 679. The second-order valence-corrected chi connectivity index (χ2v) is 7.79. The van der Waals surface area contributed by atoms with Crippen molar-refractivity contribution in [3.63, 3.8) is 0 Å². The van der Waals surface area contributed by atoms with Crippen molar-refractivity contribution in [3.05, 3.63) is 24.3 Å². The monoisotopic (exact) mass is 371 g/mol. The first kappa shape index (κ1) is 18.3. The van der Waals surface area contributed by atoms with Crippen molar-refractivity contribution < 1.29 is 14.3 Å². The minimum Gasteiger partial charge on any atom is -0.378 e. The van der Waals surface area contributed by atoms with E-state index in [4.69, 9.17) is 4.74 Å². The zero-order valence-electron chi connectivity index (χ0n) is 15.9. The molecule has 0 bridgehead atoms. The molecule has 6 heteroatoms. The molecule has 1 N–H and O–H groups in total. The number of anilines is 2. The van der Waals surface area contributed by atoms with Crippen molar-refractivity contribution >= 4 is 23.2 Å². The fraction of sp³-hybridized carbons (Fsp3) is 0.619. The summed E-state index contributed by atoms with van der Waals surface area (Å²) in [5, 5.41) is 3.08. The van der Waals surface area contributed by atoms with Gasteiger partial charge in [-0.25, -0.2) is 0 Å². The smallest absolute Gasteiger partial charge is 0.228 e. The molecule has 1 saturated carbocycles. The Kier molecular flexibility index (Phi) is 5.62. The molecular formula is C21H29N3O3. The normalized spacial score (nSPS) is 25.6. The van der Waals surface area contributed by atoms with Crippen molar-refractivity contribution in [2.45, 2.75) is 32.1 Å². The number of likely N-dealkylation sites (tertiary alicyclic amines) is 1. The van der Waals surface area contributed by atoms with E-state index in [9.17, 15) is 9.59 Å². The predicted molar refractivity (Wildman–Crippen MR) is 105 cm³/mol. The van der Waals surface area contributed by atoms with Gasteiger partial charge in [-0.15, -0.1) is 0 Å². The Morgan fingerprint density at radius 1 is 0.926 bits per heavy atom. The Morgan fingerprint density at radius 3 is 2.37 bits per heavy atom. The van der Waals surface area contributed by atoms with E-state index in [1.54, 1.807) is 0 Å². The van der Waals surface area contributed by atoms with Crippen molar-refractivity contribution in [1.82, 2.24) is 4.90 Å². The van der Waals surface area contributed by atoms with Crippen LogP contribution in [0.3, 0.4) is 0 Å². The molecule has 146 valence electrons. The largest absolute Gasteiger partial charge is 0.378 e.